The number of carboxylic acids is 1. The average molecular weight is 238 g/mol. The third-order valence-corrected chi connectivity index (χ3v) is 3.46. The number of carbonyl (C=O) groups is 1. The molecular formula is C9H6N2O2S2. The highest BCUT2D eigenvalue weighted by atomic mass is 32.2. The monoisotopic (exact) mass is 238 g/mol. The number of rotatable bonds is 3. The van der Waals surface area contributed by atoms with Crippen LogP contribution in [0.15, 0.2) is 39.1 Å². The van der Waals surface area contributed by atoms with E-state index in [2.05, 4.69) is 9.97 Å². The highest BCUT2D eigenvalue weighted by Gasteiger charge is 2.07. The minimum absolute atomic E-state index is 0.0176. The van der Waals surface area contributed by atoms with E-state index in [9.17, 15) is 4.79 Å². The number of nitrogens with zero attached hydrogens (tertiary/aromatic N) is 2. The second-order valence-corrected chi connectivity index (χ2v) is 4.78. The van der Waals surface area contributed by atoms with Crippen LogP contribution in [0.3, 0.4) is 0 Å². The van der Waals surface area contributed by atoms with Crippen LogP contribution in [0.2, 0.25) is 0 Å². The molecule has 0 bridgehead atoms. The number of thiophene rings is 1. The van der Waals surface area contributed by atoms with Crippen LogP contribution in [0.1, 0.15) is 10.5 Å². The Labute approximate surface area is 94.0 Å². The molecule has 0 saturated carbocycles. The SMILES string of the molecule is O=C(O)c1ccnc(Sc2cccs2)n1. The van der Waals surface area contributed by atoms with Crippen molar-refractivity contribution in [2.24, 2.45) is 0 Å². The molecule has 76 valence electrons. The highest BCUT2D eigenvalue weighted by Crippen LogP contribution is 2.28. The summed E-state index contributed by atoms with van der Waals surface area (Å²) in [6, 6.07) is 5.24. The first-order valence-electron chi connectivity index (χ1n) is 4.03. The van der Waals surface area contributed by atoms with Crippen LogP contribution in [0.25, 0.3) is 0 Å². The zero-order valence-corrected chi connectivity index (χ0v) is 9.09. The van der Waals surface area contributed by atoms with Gasteiger partial charge in [-0.1, -0.05) is 6.07 Å². The summed E-state index contributed by atoms with van der Waals surface area (Å²) in [4.78, 5) is 18.6. The van der Waals surface area contributed by atoms with Crippen molar-refractivity contribution in [2.45, 2.75) is 9.37 Å². The number of aromatic carboxylic acids is 1. The molecule has 6 heteroatoms. The maximum absolute atomic E-state index is 10.7. The molecule has 1 N–H and O–H groups in total. The minimum atomic E-state index is -1.04. The lowest BCUT2D eigenvalue weighted by Crippen LogP contribution is -2.01. The van der Waals surface area contributed by atoms with Crippen molar-refractivity contribution in [3.05, 3.63) is 35.5 Å². The lowest BCUT2D eigenvalue weighted by Gasteiger charge is -1.97. The van der Waals surface area contributed by atoms with Crippen molar-refractivity contribution in [3.63, 3.8) is 0 Å². The Morgan fingerprint density at radius 1 is 1.47 bits per heavy atom. The molecule has 2 aromatic heterocycles. The molecule has 0 radical (unpaired) electrons. The van der Waals surface area contributed by atoms with E-state index in [1.807, 2.05) is 17.5 Å². The molecule has 0 fully saturated rings. The van der Waals surface area contributed by atoms with Crippen molar-refractivity contribution in [2.75, 3.05) is 0 Å². The van der Waals surface area contributed by atoms with Crippen LogP contribution in [0, 0.1) is 0 Å². The summed E-state index contributed by atoms with van der Waals surface area (Å²) >= 11 is 2.93. The molecule has 0 spiro atoms. The van der Waals surface area contributed by atoms with Crippen molar-refractivity contribution < 1.29 is 9.90 Å². The first-order chi connectivity index (χ1) is 7.25. The fourth-order valence-corrected chi connectivity index (χ4v) is 2.54. The van der Waals surface area contributed by atoms with E-state index in [-0.39, 0.29) is 5.69 Å². The van der Waals surface area contributed by atoms with Gasteiger partial charge in [-0.15, -0.1) is 11.3 Å². The summed E-state index contributed by atoms with van der Waals surface area (Å²) < 4.78 is 1.04. The maximum atomic E-state index is 10.7. The summed E-state index contributed by atoms with van der Waals surface area (Å²) in [7, 11) is 0. The molecule has 0 amide bonds. The third kappa shape index (κ3) is 2.54. The summed E-state index contributed by atoms with van der Waals surface area (Å²) in [5.74, 6) is -1.04. The Morgan fingerprint density at radius 2 is 2.33 bits per heavy atom. The molecule has 0 saturated heterocycles. The molecule has 2 rings (SSSR count). The van der Waals surface area contributed by atoms with Crippen LogP contribution in [-0.2, 0) is 0 Å². The Hall–Kier alpha value is -1.40. The Kier molecular flexibility index (Phi) is 2.98. The topological polar surface area (TPSA) is 63.1 Å². The molecular weight excluding hydrogens is 232 g/mol. The van der Waals surface area contributed by atoms with Crippen LogP contribution >= 0.6 is 23.1 Å². The Bertz CT molecular complexity index is 471. The number of hydrogen-bond acceptors (Lipinski definition) is 5. The van der Waals surface area contributed by atoms with Crippen molar-refractivity contribution in [3.8, 4) is 0 Å². The number of hydrogen-bond donors (Lipinski definition) is 1. The van der Waals surface area contributed by atoms with Crippen LogP contribution < -0.4 is 0 Å². The van der Waals surface area contributed by atoms with Gasteiger partial charge in [0.1, 0.15) is 0 Å². The lowest BCUT2D eigenvalue weighted by molar-refractivity contribution is 0.0689. The fraction of sp³-hybridized carbons (Fsp3) is 0. The molecule has 2 heterocycles. The molecule has 0 atom stereocenters. The van der Waals surface area contributed by atoms with Crippen molar-refractivity contribution in [1.82, 2.24) is 9.97 Å². The average Bonchev–Trinajstić information content (AvgIpc) is 2.71. The maximum Gasteiger partial charge on any atom is 0.354 e. The largest absolute Gasteiger partial charge is 0.477 e. The van der Waals surface area contributed by atoms with E-state index < -0.39 is 5.97 Å². The summed E-state index contributed by atoms with van der Waals surface area (Å²) in [6.45, 7) is 0. The molecule has 0 aromatic carbocycles. The molecule has 0 unspecified atom stereocenters. The van der Waals surface area contributed by atoms with Crippen molar-refractivity contribution in [1.29, 1.82) is 0 Å². The van der Waals surface area contributed by atoms with E-state index in [1.54, 1.807) is 11.3 Å². The number of carboxylic acid groups (broad SMARTS) is 1. The molecule has 4 nitrogen and oxygen atoms in total. The van der Waals surface area contributed by atoms with Gasteiger partial charge in [-0.2, -0.15) is 0 Å². The summed E-state index contributed by atoms with van der Waals surface area (Å²) in [6.07, 6.45) is 1.45. The van der Waals surface area contributed by atoms with Gasteiger partial charge in [0.25, 0.3) is 0 Å². The van der Waals surface area contributed by atoms with Gasteiger partial charge >= 0.3 is 5.97 Å². The fourth-order valence-electron chi connectivity index (χ4n) is 0.921. The van der Waals surface area contributed by atoms with E-state index >= 15 is 0 Å². The van der Waals surface area contributed by atoms with E-state index in [0.717, 1.165) is 4.21 Å². The van der Waals surface area contributed by atoms with Crippen LogP contribution in [-0.4, -0.2) is 21.0 Å². The molecule has 2 aromatic rings. The van der Waals surface area contributed by atoms with Gasteiger partial charge < -0.3 is 5.11 Å². The predicted octanol–water partition coefficient (Wildman–Crippen LogP) is 2.39. The normalized spacial score (nSPS) is 10.1. The second-order valence-electron chi connectivity index (χ2n) is 2.56. The van der Waals surface area contributed by atoms with Gasteiger partial charge in [0, 0.05) is 6.20 Å². The second kappa shape index (κ2) is 4.41. The Morgan fingerprint density at radius 3 is 3.00 bits per heavy atom. The zero-order chi connectivity index (χ0) is 10.7. The van der Waals surface area contributed by atoms with Crippen molar-refractivity contribution >= 4 is 29.1 Å². The van der Waals surface area contributed by atoms with Gasteiger partial charge in [-0.25, -0.2) is 14.8 Å². The number of aromatic nitrogens is 2. The van der Waals surface area contributed by atoms with Gasteiger partial charge in [0.15, 0.2) is 10.9 Å². The predicted molar refractivity (Wildman–Crippen MR) is 57.4 cm³/mol. The first kappa shape index (κ1) is 10.1. The van der Waals surface area contributed by atoms with Gasteiger partial charge in [0.05, 0.1) is 4.21 Å². The van der Waals surface area contributed by atoms with Crippen LogP contribution in [0.5, 0.6) is 0 Å². The van der Waals surface area contributed by atoms with Gasteiger partial charge in [0.2, 0.25) is 0 Å². The zero-order valence-electron chi connectivity index (χ0n) is 7.45. The Balaban J connectivity index is 2.22. The van der Waals surface area contributed by atoms with Gasteiger partial charge in [-0.3, -0.25) is 0 Å². The summed E-state index contributed by atoms with van der Waals surface area (Å²) in [5.41, 5.74) is 0.0176. The third-order valence-electron chi connectivity index (χ3n) is 1.54. The van der Waals surface area contributed by atoms with Crippen LogP contribution in [0.4, 0.5) is 0 Å². The molecule has 0 aliphatic heterocycles. The summed E-state index contributed by atoms with van der Waals surface area (Å²) in [5, 5.41) is 11.1. The molecule has 0 aliphatic rings. The highest BCUT2D eigenvalue weighted by molar-refractivity contribution is 8.01. The molecule has 0 aliphatic carbocycles. The molecule has 15 heavy (non-hydrogen) atoms. The van der Waals surface area contributed by atoms with E-state index in [0.29, 0.717) is 5.16 Å². The van der Waals surface area contributed by atoms with E-state index in [1.165, 1.54) is 24.0 Å². The quantitative estimate of drug-likeness (QED) is 0.832. The van der Waals surface area contributed by atoms with E-state index in [4.69, 9.17) is 5.11 Å². The van der Waals surface area contributed by atoms with Gasteiger partial charge in [-0.05, 0) is 29.3 Å². The minimum Gasteiger partial charge on any atom is -0.477 e. The first-order valence-corrected chi connectivity index (χ1v) is 5.73. The smallest absolute Gasteiger partial charge is 0.354 e. The standard InChI is InChI=1S/C9H6N2O2S2/c12-8(13)6-3-4-10-9(11-6)15-7-2-1-5-14-7/h1-5H,(H,12,13). The lowest BCUT2D eigenvalue weighted by atomic mass is 10.4.